The molecule has 4 heteroatoms. The Kier molecular flexibility index (Phi) is 3.21. The first-order chi connectivity index (χ1) is 9.67. The summed E-state index contributed by atoms with van der Waals surface area (Å²) in [6.07, 6.45) is 2.04. The molecular formula is C16H12BrN3. The molecule has 3 rings (SSSR count). The van der Waals surface area contributed by atoms with Crippen LogP contribution < -0.4 is 5.73 Å². The zero-order chi connectivity index (χ0) is 14.1. The number of hydrogen-bond donors (Lipinski definition) is 1. The number of nitriles is 1. The third-order valence-electron chi connectivity index (χ3n) is 3.32. The molecule has 0 atom stereocenters. The van der Waals surface area contributed by atoms with E-state index < -0.39 is 0 Å². The van der Waals surface area contributed by atoms with Crippen LogP contribution in [0.4, 0.5) is 5.69 Å². The first-order valence-electron chi connectivity index (χ1n) is 6.20. The molecular weight excluding hydrogens is 314 g/mol. The van der Waals surface area contributed by atoms with Gasteiger partial charge in [-0.3, -0.25) is 0 Å². The maximum absolute atomic E-state index is 9.01. The summed E-state index contributed by atoms with van der Waals surface area (Å²) in [5.74, 6) is 0. The lowest BCUT2D eigenvalue weighted by molar-refractivity contribution is 0.833. The van der Waals surface area contributed by atoms with Crippen LogP contribution in [0.3, 0.4) is 0 Å². The highest BCUT2D eigenvalue weighted by molar-refractivity contribution is 9.10. The Morgan fingerprint density at radius 2 is 2.00 bits per heavy atom. The van der Waals surface area contributed by atoms with Crippen molar-refractivity contribution in [2.45, 2.75) is 6.54 Å². The van der Waals surface area contributed by atoms with Gasteiger partial charge in [-0.2, -0.15) is 5.26 Å². The average molecular weight is 326 g/mol. The number of fused-ring (bicyclic) bond motifs is 1. The van der Waals surface area contributed by atoms with Crippen LogP contribution in [0.1, 0.15) is 11.1 Å². The lowest BCUT2D eigenvalue weighted by atomic mass is 10.1. The molecule has 0 unspecified atom stereocenters. The topological polar surface area (TPSA) is 54.7 Å². The zero-order valence-corrected chi connectivity index (χ0v) is 12.3. The van der Waals surface area contributed by atoms with Crippen LogP contribution in [0.5, 0.6) is 0 Å². The number of rotatable bonds is 2. The Hall–Kier alpha value is -2.25. The molecule has 0 saturated heterocycles. The summed E-state index contributed by atoms with van der Waals surface area (Å²) >= 11 is 3.54. The van der Waals surface area contributed by atoms with Crippen molar-refractivity contribution in [2.24, 2.45) is 0 Å². The van der Waals surface area contributed by atoms with E-state index in [0.717, 1.165) is 33.2 Å². The monoisotopic (exact) mass is 325 g/mol. The van der Waals surface area contributed by atoms with Gasteiger partial charge in [-0.05, 0) is 41.3 Å². The van der Waals surface area contributed by atoms with Crippen molar-refractivity contribution >= 4 is 32.5 Å². The van der Waals surface area contributed by atoms with Gasteiger partial charge >= 0.3 is 0 Å². The van der Waals surface area contributed by atoms with Gasteiger partial charge in [0, 0.05) is 28.4 Å². The van der Waals surface area contributed by atoms with Crippen molar-refractivity contribution in [2.75, 3.05) is 5.73 Å². The molecule has 0 aliphatic rings. The fraction of sp³-hybridized carbons (Fsp3) is 0.0625. The first kappa shape index (κ1) is 12.8. The van der Waals surface area contributed by atoms with Crippen LogP contribution in [0.25, 0.3) is 10.9 Å². The summed E-state index contributed by atoms with van der Waals surface area (Å²) in [6, 6.07) is 15.8. The number of nitrogens with zero attached hydrogens (tertiary/aromatic N) is 2. The lowest BCUT2D eigenvalue weighted by Crippen LogP contribution is -1.99. The van der Waals surface area contributed by atoms with Crippen molar-refractivity contribution in [3.05, 3.63) is 64.3 Å². The van der Waals surface area contributed by atoms with Crippen molar-refractivity contribution in [1.29, 1.82) is 5.26 Å². The zero-order valence-electron chi connectivity index (χ0n) is 10.7. The highest BCUT2D eigenvalue weighted by Crippen LogP contribution is 2.24. The highest BCUT2D eigenvalue weighted by Gasteiger charge is 2.06. The predicted octanol–water partition coefficient (Wildman–Crippen LogP) is 3.91. The molecule has 0 saturated carbocycles. The molecule has 0 aliphatic heterocycles. The largest absolute Gasteiger partial charge is 0.399 e. The third kappa shape index (κ3) is 2.28. The Morgan fingerprint density at radius 1 is 1.15 bits per heavy atom. The minimum atomic E-state index is 0.675. The van der Waals surface area contributed by atoms with Gasteiger partial charge in [0.1, 0.15) is 0 Å². The van der Waals surface area contributed by atoms with Crippen LogP contribution in [0, 0.1) is 11.3 Å². The summed E-state index contributed by atoms with van der Waals surface area (Å²) in [4.78, 5) is 0. The molecule has 1 heterocycles. The van der Waals surface area contributed by atoms with E-state index in [2.05, 4.69) is 32.6 Å². The van der Waals surface area contributed by atoms with E-state index in [1.165, 1.54) is 0 Å². The molecule has 0 spiro atoms. The Morgan fingerprint density at radius 3 is 2.75 bits per heavy atom. The summed E-state index contributed by atoms with van der Waals surface area (Å²) in [5, 5.41) is 10.1. The molecule has 0 aliphatic carbocycles. The minimum Gasteiger partial charge on any atom is -0.399 e. The van der Waals surface area contributed by atoms with Gasteiger partial charge < -0.3 is 10.3 Å². The molecule has 0 radical (unpaired) electrons. The van der Waals surface area contributed by atoms with Gasteiger partial charge in [0.15, 0.2) is 0 Å². The van der Waals surface area contributed by atoms with Gasteiger partial charge in [0.2, 0.25) is 0 Å². The predicted molar refractivity (Wildman–Crippen MR) is 84.3 cm³/mol. The van der Waals surface area contributed by atoms with Crippen LogP contribution in [-0.4, -0.2) is 4.57 Å². The molecule has 1 aromatic heterocycles. The molecule has 20 heavy (non-hydrogen) atoms. The maximum atomic E-state index is 9.01. The molecule has 3 aromatic rings. The molecule has 0 amide bonds. The van der Waals surface area contributed by atoms with Crippen molar-refractivity contribution < 1.29 is 0 Å². The average Bonchev–Trinajstić information content (AvgIpc) is 2.84. The Balaban J connectivity index is 2.04. The van der Waals surface area contributed by atoms with Gasteiger partial charge in [0.05, 0.1) is 11.6 Å². The molecule has 0 fully saturated rings. The molecule has 3 nitrogen and oxygen atoms in total. The molecule has 2 N–H and O–H groups in total. The van der Waals surface area contributed by atoms with E-state index >= 15 is 0 Å². The number of benzene rings is 2. The quantitative estimate of drug-likeness (QED) is 0.726. The summed E-state index contributed by atoms with van der Waals surface area (Å²) in [7, 11) is 0. The maximum Gasteiger partial charge on any atom is 0.0992 e. The molecule has 0 bridgehead atoms. The summed E-state index contributed by atoms with van der Waals surface area (Å²) in [6.45, 7) is 0.735. The second kappa shape index (κ2) is 5.03. The van der Waals surface area contributed by atoms with Gasteiger partial charge in [0.25, 0.3) is 0 Å². The van der Waals surface area contributed by atoms with Crippen molar-refractivity contribution in [3.63, 3.8) is 0 Å². The van der Waals surface area contributed by atoms with Crippen molar-refractivity contribution in [3.8, 4) is 6.07 Å². The summed E-state index contributed by atoms with van der Waals surface area (Å²) in [5.41, 5.74) is 9.39. The number of halogens is 1. The Bertz CT molecular complexity index is 827. The van der Waals surface area contributed by atoms with Crippen molar-refractivity contribution in [1.82, 2.24) is 4.57 Å². The second-order valence-corrected chi connectivity index (χ2v) is 5.53. The number of aromatic nitrogens is 1. The van der Waals surface area contributed by atoms with E-state index in [-0.39, 0.29) is 0 Å². The standard InChI is InChI=1S/C16H12BrN3/c17-15-8-14(19)4-3-13(15)10-20-6-5-12-2-1-11(9-18)7-16(12)20/h1-8H,10,19H2. The fourth-order valence-corrected chi connectivity index (χ4v) is 2.79. The number of hydrogen-bond acceptors (Lipinski definition) is 2. The van der Waals surface area contributed by atoms with Crippen LogP contribution in [0.2, 0.25) is 0 Å². The van der Waals surface area contributed by atoms with Gasteiger partial charge in [-0.1, -0.05) is 28.1 Å². The fourth-order valence-electron chi connectivity index (χ4n) is 2.27. The molecule has 2 aromatic carbocycles. The second-order valence-electron chi connectivity index (χ2n) is 4.68. The van der Waals surface area contributed by atoms with Crippen LogP contribution in [-0.2, 0) is 6.54 Å². The smallest absolute Gasteiger partial charge is 0.0992 e. The molecule has 98 valence electrons. The van der Waals surface area contributed by atoms with E-state index in [1.54, 1.807) is 0 Å². The normalized spacial score (nSPS) is 10.6. The van der Waals surface area contributed by atoms with Crippen LogP contribution >= 0.6 is 15.9 Å². The minimum absolute atomic E-state index is 0.675. The van der Waals surface area contributed by atoms with Gasteiger partial charge in [-0.15, -0.1) is 0 Å². The van der Waals surface area contributed by atoms with E-state index in [4.69, 9.17) is 11.0 Å². The van der Waals surface area contributed by atoms with Gasteiger partial charge in [-0.25, -0.2) is 0 Å². The number of nitrogen functional groups attached to an aromatic ring is 1. The van der Waals surface area contributed by atoms with E-state index in [9.17, 15) is 0 Å². The third-order valence-corrected chi connectivity index (χ3v) is 4.06. The van der Waals surface area contributed by atoms with E-state index in [1.807, 2.05) is 42.6 Å². The first-order valence-corrected chi connectivity index (χ1v) is 6.99. The SMILES string of the molecule is N#Cc1ccc2ccn(Cc3ccc(N)cc3Br)c2c1. The Labute approximate surface area is 125 Å². The highest BCUT2D eigenvalue weighted by atomic mass is 79.9. The number of nitrogens with two attached hydrogens (primary N) is 1. The summed E-state index contributed by atoms with van der Waals surface area (Å²) < 4.78 is 3.13. The van der Waals surface area contributed by atoms with Crippen LogP contribution in [0.15, 0.2) is 53.1 Å². The lowest BCUT2D eigenvalue weighted by Gasteiger charge is -2.08. The van der Waals surface area contributed by atoms with E-state index in [0.29, 0.717) is 5.56 Å². The number of anilines is 1.